The molecule has 2 N–H and O–H groups in total. The molecule has 8 heteroatoms. The molecular formula is C14H14N6O2. The van der Waals surface area contributed by atoms with Crippen LogP contribution >= 0.6 is 0 Å². The first-order valence-corrected chi connectivity index (χ1v) is 7.05. The molecule has 0 radical (unpaired) electrons. The van der Waals surface area contributed by atoms with E-state index in [0.717, 1.165) is 17.5 Å². The Labute approximate surface area is 125 Å². The van der Waals surface area contributed by atoms with Crippen molar-refractivity contribution in [3.05, 3.63) is 36.2 Å². The second-order valence-electron chi connectivity index (χ2n) is 5.16. The van der Waals surface area contributed by atoms with Gasteiger partial charge in [-0.1, -0.05) is 17.3 Å². The van der Waals surface area contributed by atoms with Crippen molar-refractivity contribution in [1.82, 2.24) is 25.0 Å². The normalized spacial score (nSPS) is 17.9. The summed E-state index contributed by atoms with van der Waals surface area (Å²) in [6.07, 6.45) is 2.52. The minimum atomic E-state index is -0.343. The molecule has 0 bridgehead atoms. The van der Waals surface area contributed by atoms with E-state index in [2.05, 4.69) is 25.6 Å². The summed E-state index contributed by atoms with van der Waals surface area (Å²) in [6, 6.07) is 7.72. The highest BCUT2D eigenvalue weighted by atomic mass is 16.5. The van der Waals surface area contributed by atoms with Crippen molar-refractivity contribution in [3.63, 3.8) is 0 Å². The molecule has 1 aromatic carbocycles. The van der Waals surface area contributed by atoms with Gasteiger partial charge in [-0.05, 0) is 18.6 Å². The summed E-state index contributed by atoms with van der Waals surface area (Å²) >= 11 is 0. The SMILES string of the molecule is O=C(Nc1nc2ccccc2[nH]1)c1cn([C@@H]2CCOC2)nn1. The summed E-state index contributed by atoms with van der Waals surface area (Å²) in [7, 11) is 0. The molecule has 1 atom stereocenters. The number of carbonyl (C=O) groups excluding carboxylic acids is 1. The number of para-hydroxylation sites is 2. The van der Waals surface area contributed by atoms with E-state index in [1.54, 1.807) is 10.9 Å². The lowest BCUT2D eigenvalue weighted by Gasteiger charge is -2.04. The minimum absolute atomic E-state index is 0.153. The fourth-order valence-electron chi connectivity index (χ4n) is 2.47. The summed E-state index contributed by atoms with van der Waals surface area (Å²) in [5.74, 6) is 0.0502. The van der Waals surface area contributed by atoms with Crippen LogP contribution in [-0.2, 0) is 4.74 Å². The van der Waals surface area contributed by atoms with Crippen LogP contribution in [0.25, 0.3) is 11.0 Å². The van der Waals surface area contributed by atoms with Crippen LogP contribution in [0.15, 0.2) is 30.5 Å². The van der Waals surface area contributed by atoms with Crippen molar-refractivity contribution in [2.45, 2.75) is 12.5 Å². The van der Waals surface area contributed by atoms with Gasteiger partial charge in [0.05, 0.1) is 29.9 Å². The van der Waals surface area contributed by atoms with E-state index in [1.165, 1.54) is 0 Å². The largest absolute Gasteiger partial charge is 0.379 e. The molecule has 0 aliphatic carbocycles. The number of fused-ring (bicyclic) bond motifs is 1. The summed E-state index contributed by atoms with van der Waals surface area (Å²) in [4.78, 5) is 19.5. The highest BCUT2D eigenvalue weighted by molar-refractivity contribution is 6.02. The molecule has 1 aliphatic rings. The predicted molar refractivity (Wildman–Crippen MR) is 78.5 cm³/mol. The van der Waals surface area contributed by atoms with E-state index in [9.17, 15) is 4.79 Å². The molecule has 1 amide bonds. The molecule has 22 heavy (non-hydrogen) atoms. The summed E-state index contributed by atoms with van der Waals surface area (Å²) in [5, 5.41) is 10.6. The Hall–Kier alpha value is -2.74. The van der Waals surface area contributed by atoms with E-state index in [1.807, 2.05) is 24.3 Å². The number of imidazole rings is 1. The summed E-state index contributed by atoms with van der Waals surface area (Å²) in [6.45, 7) is 1.32. The number of carbonyl (C=O) groups is 1. The third-order valence-electron chi connectivity index (χ3n) is 3.64. The molecule has 3 heterocycles. The number of nitrogens with zero attached hydrogens (tertiary/aromatic N) is 4. The van der Waals surface area contributed by atoms with Crippen molar-refractivity contribution < 1.29 is 9.53 Å². The standard InChI is InChI=1S/C14H14N6O2/c21-13(12-7-20(19-18-12)9-5-6-22-8-9)17-14-15-10-3-1-2-4-11(10)16-14/h1-4,7,9H,5-6,8H2,(H2,15,16,17,21)/t9-/m1/s1. The van der Waals surface area contributed by atoms with Gasteiger partial charge in [0.2, 0.25) is 5.95 Å². The molecule has 1 fully saturated rings. The number of ether oxygens (including phenoxy) is 1. The first kappa shape index (κ1) is 13.0. The maximum absolute atomic E-state index is 12.2. The van der Waals surface area contributed by atoms with Crippen molar-refractivity contribution >= 4 is 22.9 Å². The Bertz CT molecular complexity index is 784. The third kappa shape index (κ3) is 2.33. The van der Waals surface area contributed by atoms with Crippen molar-refractivity contribution in [3.8, 4) is 0 Å². The van der Waals surface area contributed by atoms with E-state index >= 15 is 0 Å². The summed E-state index contributed by atoms with van der Waals surface area (Å²) < 4.78 is 6.99. The summed E-state index contributed by atoms with van der Waals surface area (Å²) in [5.41, 5.74) is 1.92. The number of hydrogen-bond donors (Lipinski definition) is 2. The number of rotatable bonds is 3. The molecule has 0 unspecified atom stereocenters. The first-order valence-electron chi connectivity index (χ1n) is 7.05. The number of anilines is 1. The Balaban J connectivity index is 1.51. The molecule has 3 aromatic rings. The maximum Gasteiger partial charge on any atom is 0.280 e. The first-order chi connectivity index (χ1) is 10.8. The molecule has 4 rings (SSSR count). The highest BCUT2D eigenvalue weighted by Crippen LogP contribution is 2.18. The Morgan fingerprint density at radius 3 is 3.14 bits per heavy atom. The quantitative estimate of drug-likeness (QED) is 0.761. The van der Waals surface area contributed by atoms with Crippen molar-refractivity contribution in [2.75, 3.05) is 18.5 Å². The van der Waals surface area contributed by atoms with Crippen molar-refractivity contribution in [1.29, 1.82) is 0 Å². The van der Waals surface area contributed by atoms with Gasteiger partial charge in [-0.3, -0.25) is 10.1 Å². The van der Waals surface area contributed by atoms with Gasteiger partial charge in [0.1, 0.15) is 0 Å². The lowest BCUT2D eigenvalue weighted by Crippen LogP contribution is -2.13. The molecule has 1 saturated heterocycles. The molecular weight excluding hydrogens is 284 g/mol. The molecule has 1 aliphatic heterocycles. The van der Waals surface area contributed by atoms with Crippen LogP contribution in [-0.4, -0.2) is 44.1 Å². The zero-order chi connectivity index (χ0) is 14.9. The number of amides is 1. The maximum atomic E-state index is 12.2. The van der Waals surface area contributed by atoms with Crippen molar-refractivity contribution in [2.24, 2.45) is 0 Å². The van der Waals surface area contributed by atoms with E-state index in [4.69, 9.17) is 4.74 Å². The smallest absolute Gasteiger partial charge is 0.280 e. The molecule has 112 valence electrons. The van der Waals surface area contributed by atoms with Crippen LogP contribution in [0.3, 0.4) is 0 Å². The zero-order valence-corrected chi connectivity index (χ0v) is 11.7. The average Bonchev–Trinajstić information content (AvgIpc) is 3.26. The van der Waals surface area contributed by atoms with Crippen LogP contribution in [0.2, 0.25) is 0 Å². The molecule has 0 saturated carbocycles. The fourth-order valence-corrected chi connectivity index (χ4v) is 2.47. The van der Waals surface area contributed by atoms with E-state index < -0.39 is 0 Å². The van der Waals surface area contributed by atoms with Gasteiger partial charge in [-0.15, -0.1) is 5.10 Å². The number of hydrogen-bond acceptors (Lipinski definition) is 5. The molecule has 0 spiro atoms. The fraction of sp³-hybridized carbons (Fsp3) is 0.286. The number of H-pyrrole nitrogens is 1. The van der Waals surface area contributed by atoms with Gasteiger partial charge in [0, 0.05) is 6.61 Å². The van der Waals surface area contributed by atoms with Crippen LogP contribution in [0, 0.1) is 0 Å². The Morgan fingerprint density at radius 1 is 1.41 bits per heavy atom. The zero-order valence-electron chi connectivity index (χ0n) is 11.7. The van der Waals surface area contributed by atoms with Crippen LogP contribution in [0.1, 0.15) is 23.0 Å². The van der Waals surface area contributed by atoms with Gasteiger partial charge in [-0.25, -0.2) is 9.67 Å². The highest BCUT2D eigenvalue weighted by Gasteiger charge is 2.21. The minimum Gasteiger partial charge on any atom is -0.379 e. The van der Waals surface area contributed by atoms with Gasteiger partial charge >= 0.3 is 0 Å². The van der Waals surface area contributed by atoms with Gasteiger partial charge in [0.15, 0.2) is 5.69 Å². The second kappa shape index (κ2) is 5.23. The van der Waals surface area contributed by atoms with Gasteiger partial charge in [-0.2, -0.15) is 0 Å². The Morgan fingerprint density at radius 2 is 2.32 bits per heavy atom. The number of aromatic amines is 1. The monoisotopic (exact) mass is 298 g/mol. The van der Waals surface area contributed by atoms with Crippen LogP contribution in [0.4, 0.5) is 5.95 Å². The predicted octanol–water partition coefficient (Wildman–Crippen LogP) is 1.37. The molecule has 2 aromatic heterocycles. The van der Waals surface area contributed by atoms with E-state index in [-0.39, 0.29) is 17.6 Å². The number of benzene rings is 1. The molecule has 8 nitrogen and oxygen atoms in total. The second-order valence-corrected chi connectivity index (χ2v) is 5.16. The lowest BCUT2D eigenvalue weighted by atomic mass is 10.3. The Kier molecular flexibility index (Phi) is 3.08. The van der Waals surface area contributed by atoms with E-state index in [0.29, 0.717) is 19.2 Å². The van der Waals surface area contributed by atoms with Gasteiger partial charge in [0.25, 0.3) is 5.91 Å². The lowest BCUT2D eigenvalue weighted by molar-refractivity contribution is 0.102. The van der Waals surface area contributed by atoms with Crippen LogP contribution in [0.5, 0.6) is 0 Å². The number of nitrogens with one attached hydrogen (secondary N) is 2. The third-order valence-corrected chi connectivity index (χ3v) is 3.64. The van der Waals surface area contributed by atoms with Crippen LogP contribution < -0.4 is 5.32 Å². The topological polar surface area (TPSA) is 97.7 Å². The number of aromatic nitrogens is 5. The average molecular weight is 298 g/mol. The van der Waals surface area contributed by atoms with Gasteiger partial charge < -0.3 is 9.72 Å².